The molecule has 1 atom stereocenters. The van der Waals surface area contributed by atoms with Gasteiger partial charge in [0.15, 0.2) is 6.10 Å². The fourth-order valence-corrected chi connectivity index (χ4v) is 4.04. The summed E-state index contributed by atoms with van der Waals surface area (Å²) in [5.74, 6) is 0.310. The SMILES string of the molecule is CC(Oc1ccccc1)C(=O)N1CCC2(CC1)NC(=O)N(Cc1ccccc1)C2=O. The second-order valence-electron chi connectivity index (χ2n) is 7.79. The van der Waals surface area contributed by atoms with Crippen molar-refractivity contribution in [3.05, 3.63) is 66.2 Å². The molecule has 2 saturated heterocycles. The van der Waals surface area contributed by atoms with E-state index in [4.69, 9.17) is 4.74 Å². The number of hydrogen-bond donors (Lipinski definition) is 1. The number of carbonyl (C=O) groups is 3. The Labute approximate surface area is 175 Å². The van der Waals surface area contributed by atoms with E-state index in [1.807, 2.05) is 60.7 Å². The van der Waals surface area contributed by atoms with Crippen LogP contribution in [0.25, 0.3) is 0 Å². The molecule has 1 N–H and O–H groups in total. The maximum Gasteiger partial charge on any atom is 0.325 e. The van der Waals surface area contributed by atoms with Gasteiger partial charge >= 0.3 is 6.03 Å². The third-order valence-electron chi connectivity index (χ3n) is 5.76. The molecule has 0 bridgehead atoms. The Hall–Kier alpha value is -3.35. The van der Waals surface area contributed by atoms with E-state index < -0.39 is 11.6 Å². The number of rotatable bonds is 5. The Morgan fingerprint density at radius 2 is 1.63 bits per heavy atom. The fourth-order valence-electron chi connectivity index (χ4n) is 4.04. The van der Waals surface area contributed by atoms with Crippen LogP contribution >= 0.6 is 0 Å². The van der Waals surface area contributed by atoms with Crippen LogP contribution in [0.1, 0.15) is 25.3 Å². The first-order chi connectivity index (χ1) is 14.5. The normalized spacial score (nSPS) is 19.0. The maximum absolute atomic E-state index is 13.1. The van der Waals surface area contributed by atoms with Gasteiger partial charge in [-0.25, -0.2) is 4.79 Å². The topological polar surface area (TPSA) is 79.0 Å². The van der Waals surface area contributed by atoms with Gasteiger partial charge in [-0.15, -0.1) is 0 Å². The average Bonchev–Trinajstić information content (AvgIpc) is 2.99. The van der Waals surface area contributed by atoms with E-state index in [-0.39, 0.29) is 24.4 Å². The Balaban J connectivity index is 1.37. The summed E-state index contributed by atoms with van der Waals surface area (Å²) in [6, 6.07) is 18.3. The molecular weight excluding hydrogens is 382 g/mol. The van der Waals surface area contributed by atoms with E-state index in [9.17, 15) is 14.4 Å². The van der Waals surface area contributed by atoms with E-state index in [1.54, 1.807) is 11.8 Å². The van der Waals surface area contributed by atoms with Crippen LogP contribution in [0.2, 0.25) is 0 Å². The van der Waals surface area contributed by atoms with E-state index in [1.165, 1.54) is 4.90 Å². The highest BCUT2D eigenvalue weighted by Crippen LogP contribution is 2.31. The van der Waals surface area contributed by atoms with Crippen molar-refractivity contribution in [3.63, 3.8) is 0 Å². The Morgan fingerprint density at radius 3 is 2.27 bits per heavy atom. The molecule has 0 radical (unpaired) electrons. The Kier molecular flexibility index (Phi) is 5.44. The van der Waals surface area contributed by atoms with E-state index in [0.717, 1.165) is 5.56 Å². The second kappa shape index (κ2) is 8.18. The molecule has 2 aromatic carbocycles. The number of likely N-dealkylation sites (tertiary alicyclic amines) is 1. The van der Waals surface area contributed by atoms with Gasteiger partial charge < -0.3 is 15.0 Å². The molecule has 0 saturated carbocycles. The van der Waals surface area contributed by atoms with Crippen LogP contribution in [0.3, 0.4) is 0 Å². The summed E-state index contributed by atoms with van der Waals surface area (Å²) >= 11 is 0. The van der Waals surface area contributed by atoms with Crippen LogP contribution in [0.4, 0.5) is 4.79 Å². The molecular formula is C23H25N3O4. The minimum absolute atomic E-state index is 0.119. The number of carbonyl (C=O) groups excluding carboxylic acids is 3. The first-order valence-electron chi connectivity index (χ1n) is 10.2. The van der Waals surface area contributed by atoms with Crippen LogP contribution < -0.4 is 10.1 Å². The molecule has 0 aromatic heterocycles. The number of amides is 4. The lowest BCUT2D eigenvalue weighted by atomic mass is 9.87. The molecule has 7 heteroatoms. The predicted molar refractivity (Wildman–Crippen MR) is 111 cm³/mol. The van der Waals surface area contributed by atoms with Gasteiger partial charge in [-0.1, -0.05) is 48.5 Å². The van der Waals surface area contributed by atoms with Gasteiger partial charge in [-0.3, -0.25) is 14.5 Å². The molecule has 1 unspecified atom stereocenters. The van der Waals surface area contributed by atoms with Gasteiger partial charge in [0.25, 0.3) is 11.8 Å². The van der Waals surface area contributed by atoms with Crippen LogP contribution in [0.15, 0.2) is 60.7 Å². The van der Waals surface area contributed by atoms with Crippen LogP contribution in [0.5, 0.6) is 5.75 Å². The van der Waals surface area contributed by atoms with E-state index in [2.05, 4.69) is 5.32 Å². The van der Waals surface area contributed by atoms with Gasteiger partial charge in [0, 0.05) is 13.1 Å². The molecule has 2 aromatic rings. The number of benzene rings is 2. The van der Waals surface area contributed by atoms with Gasteiger partial charge in [0.05, 0.1) is 6.54 Å². The van der Waals surface area contributed by atoms with Crippen molar-refractivity contribution in [2.45, 2.75) is 38.0 Å². The summed E-state index contributed by atoms with van der Waals surface area (Å²) < 4.78 is 5.73. The smallest absolute Gasteiger partial charge is 0.325 e. The maximum atomic E-state index is 13.1. The predicted octanol–water partition coefficient (Wildman–Crippen LogP) is 2.57. The molecule has 1 spiro atoms. The molecule has 4 rings (SSSR count). The Bertz CT molecular complexity index is 924. The molecule has 2 fully saturated rings. The number of piperidine rings is 1. The molecule has 7 nitrogen and oxygen atoms in total. The highest BCUT2D eigenvalue weighted by Gasteiger charge is 2.52. The summed E-state index contributed by atoms with van der Waals surface area (Å²) in [4.78, 5) is 41.3. The summed E-state index contributed by atoms with van der Waals surface area (Å²) in [5, 5.41) is 2.89. The lowest BCUT2D eigenvalue weighted by Crippen LogP contribution is -2.57. The van der Waals surface area contributed by atoms with Crippen molar-refractivity contribution in [1.82, 2.24) is 15.1 Å². The highest BCUT2D eigenvalue weighted by molar-refractivity contribution is 6.07. The monoisotopic (exact) mass is 407 g/mol. The quantitative estimate of drug-likeness (QED) is 0.773. The Morgan fingerprint density at radius 1 is 1.03 bits per heavy atom. The van der Waals surface area contributed by atoms with Crippen molar-refractivity contribution in [2.24, 2.45) is 0 Å². The first kappa shape index (κ1) is 19.9. The molecule has 2 heterocycles. The number of urea groups is 1. The second-order valence-corrected chi connectivity index (χ2v) is 7.79. The number of imide groups is 1. The van der Waals surface area contributed by atoms with Gasteiger partial charge in [-0.2, -0.15) is 0 Å². The van der Waals surface area contributed by atoms with E-state index in [0.29, 0.717) is 31.7 Å². The number of hydrogen-bond acceptors (Lipinski definition) is 4. The fraction of sp³-hybridized carbons (Fsp3) is 0.348. The van der Waals surface area contributed by atoms with Gasteiger partial charge in [-0.05, 0) is 37.5 Å². The van der Waals surface area contributed by atoms with Crippen molar-refractivity contribution in [2.75, 3.05) is 13.1 Å². The molecule has 0 aliphatic carbocycles. The van der Waals surface area contributed by atoms with Crippen LogP contribution in [-0.2, 0) is 16.1 Å². The standard InChI is InChI=1S/C23H25N3O4/c1-17(30-19-10-6-3-7-11-19)20(27)25-14-12-23(13-15-25)21(28)26(22(29)24-23)16-18-8-4-2-5-9-18/h2-11,17H,12-16H2,1H3,(H,24,29). The summed E-state index contributed by atoms with van der Waals surface area (Å²) in [6.45, 7) is 2.76. The van der Waals surface area contributed by atoms with Gasteiger partial charge in [0.2, 0.25) is 0 Å². The molecule has 2 aliphatic heterocycles. The van der Waals surface area contributed by atoms with E-state index >= 15 is 0 Å². The third-order valence-corrected chi connectivity index (χ3v) is 5.76. The summed E-state index contributed by atoms with van der Waals surface area (Å²) in [6.07, 6.45) is 0.171. The minimum atomic E-state index is -0.924. The zero-order chi connectivity index (χ0) is 21.1. The molecule has 2 aliphatic rings. The third kappa shape index (κ3) is 3.87. The number of ether oxygens (including phenoxy) is 1. The lowest BCUT2D eigenvalue weighted by molar-refractivity contribution is -0.142. The number of para-hydroxylation sites is 1. The van der Waals surface area contributed by atoms with Crippen LogP contribution in [-0.4, -0.2) is 52.4 Å². The number of nitrogens with one attached hydrogen (secondary N) is 1. The minimum Gasteiger partial charge on any atom is -0.481 e. The zero-order valence-electron chi connectivity index (χ0n) is 16.9. The van der Waals surface area contributed by atoms with Crippen LogP contribution in [0, 0.1) is 0 Å². The van der Waals surface area contributed by atoms with Crippen molar-refractivity contribution in [3.8, 4) is 5.75 Å². The first-order valence-corrected chi connectivity index (χ1v) is 10.2. The molecule has 156 valence electrons. The summed E-state index contributed by atoms with van der Waals surface area (Å²) in [5.41, 5.74) is -0.0239. The van der Waals surface area contributed by atoms with Crippen molar-refractivity contribution in [1.29, 1.82) is 0 Å². The molecule has 30 heavy (non-hydrogen) atoms. The largest absolute Gasteiger partial charge is 0.481 e. The lowest BCUT2D eigenvalue weighted by Gasteiger charge is -2.38. The average molecular weight is 407 g/mol. The van der Waals surface area contributed by atoms with Gasteiger partial charge in [0.1, 0.15) is 11.3 Å². The van der Waals surface area contributed by atoms with Crippen molar-refractivity contribution < 1.29 is 19.1 Å². The zero-order valence-corrected chi connectivity index (χ0v) is 16.9. The highest BCUT2D eigenvalue weighted by atomic mass is 16.5. The summed E-state index contributed by atoms with van der Waals surface area (Å²) in [7, 11) is 0. The number of nitrogens with zero attached hydrogens (tertiary/aromatic N) is 2. The van der Waals surface area contributed by atoms with Crippen molar-refractivity contribution >= 4 is 17.8 Å². The molecule has 4 amide bonds.